The van der Waals surface area contributed by atoms with E-state index in [-0.39, 0.29) is 5.75 Å². The number of hydrogen-bond donors (Lipinski definition) is 1. The highest BCUT2D eigenvalue weighted by atomic mass is 32.2. The molecule has 1 N–H and O–H groups in total. The van der Waals surface area contributed by atoms with Gasteiger partial charge in [-0.15, -0.1) is 0 Å². The van der Waals surface area contributed by atoms with Gasteiger partial charge in [0.2, 0.25) is 0 Å². The lowest BCUT2D eigenvalue weighted by Crippen LogP contribution is -2.03. The van der Waals surface area contributed by atoms with Gasteiger partial charge in [-0.25, -0.2) is 0 Å². The predicted molar refractivity (Wildman–Crippen MR) is 95.7 cm³/mol. The van der Waals surface area contributed by atoms with Crippen LogP contribution in [0.4, 0.5) is 0 Å². The van der Waals surface area contributed by atoms with Gasteiger partial charge in [0.15, 0.2) is 0 Å². The summed E-state index contributed by atoms with van der Waals surface area (Å²) in [6.07, 6.45) is 23.5. The first-order chi connectivity index (χ1) is 10.6. The van der Waals surface area contributed by atoms with Crippen molar-refractivity contribution in [1.29, 1.82) is 0 Å². The second-order valence-electron chi connectivity index (χ2n) is 5.49. The third-order valence-electron chi connectivity index (χ3n) is 3.30. The van der Waals surface area contributed by atoms with E-state index in [9.17, 15) is 8.42 Å². The summed E-state index contributed by atoms with van der Waals surface area (Å²) in [6, 6.07) is 0. The van der Waals surface area contributed by atoms with Crippen LogP contribution in [0.15, 0.2) is 36.5 Å². The minimum Gasteiger partial charge on any atom is -0.286 e. The molecule has 0 saturated heterocycles. The molecule has 3 nitrogen and oxygen atoms in total. The molecule has 0 aliphatic rings. The Labute approximate surface area is 137 Å². The summed E-state index contributed by atoms with van der Waals surface area (Å²) in [5.74, 6) is -0.0997. The quantitative estimate of drug-likeness (QED) is 0.261. The highest BCUT2D eigenvalue weighted by Crippen LogP contribution is 2.08. The second-order valence-corrected chi connectivity index (χ2v) is 7.06. The number of allylic oxidation sites excluding steroid dienone is 6. The summed E-state index contributed by atoms with van der Waals surface area (Å²) in [5, 5.41) is 0. The maximum absolute atomic E-state index is 10.5. The van der Waals surface area contributed by atoms with Crippen molar-refractivity contribution in [2.24, 2.45) is 0 Å². The molecule has 0 bridgehead atoms. The Morgan fingerprint density at radius 3 is 1.82 bits per heavy atom. The van der Waals surface area contributed by atoms with E-state index in [1.807, 2.05) is 0 Å². The van der Waals surface area contributed by atoms with E-state index >= 15 is 0 Å². The molecule has 0 radical (unpaired) electrons. The standard InChI is InChI=1S/C18H32O3S/c1-2-3-4-5-6-7-8-9-10-11-12-13-14-15-16-17-18-22(19,20)21/h3-4,6-7,9-10H,2,5,8,11-18H2,1H3,(H,19,20,21). The summed E-state index contributed by atoms with van der Waals surface area (Å²) in [5.41, 5.74) is 0. The first kappa shape index (κ1) is 21.1. The van der Waals surface area contributed by atoms with E-state index in [4.69, 9.17) is 4.55 Å². The second kappa shape index (κ2) is 15.0. The van der Waals surface area contributed by atoms with Crippen molar-refractivity contribution in [3.63, 3.8) is 0 Å². The smallest absolute Gasteiger partial charge is 0.264 e. The van der Waals surface area contributed by atoms with Crippen molar-refractivity contribution in [3.05, 3.63) is 36.5 Å². The zero-order valence-electron chi connectivity index (χ0n) is 13.9. The first-order valence-electron chi connectivity index (χ1n) is 8.46. The Bertz CT molecular complexity index is 420. The fourth-order valence-electron chi connectivity index (χ4n) is 2.08. The fraction of sp³-hybridized carbons (Fsp3) is 0.667. The molecule has 0 aliphatic carbocycles. The average Bonchev–Trinajstić information content (AvgIpc) is 2.45. The van der Waals surface area contributed by atoms with Gasteiger partial charge in [0.1, 0.15) is 0 Å². The van der Waals surface area contributed by atoms with E-state index in [1.54, 1.807) is 0 Å². The Balaban J connectivity index is 3.29. The topological polar surface area (TPSA) is 54.4 Å². The van der Waals surface area contributed by atoms with Crippen LogP contribution >= 0.6 is 0 Å². The van der Waals surface area contributed by atoms with Crippen LogP contribution < -0.4 is 0 Å². The molecule has 0 aromatic heterocycles. The van der Waals surface area contributed by atoms with Gasteiger partial charge in [-0.3, -0.25) is 4.55 Å². The molecule has 0 aromatic rings. The highest BCUT2D eigenvalue weighted by molar-refractivity contribution is 7.85. The van der Waals surface area contributed by atoms with Gasteiger partial charge in [-0.1, -0.05) is 69.1 Å². The van der Waals surface area contributed by atoms with Crippen molar-refractivity contribution in [2.45, 2.75) is 71.1 Å². The van der Waals surface area contributed by atoms with Crippen molar-refractivity contribution in [2.75, 3.05) is 5.75 Å². The largest absolute Gasteiger partial charge is 0.286 e. The van der Waals surface area contributed by atoms with Crippen molar-refractivity contribution < 1.29 is 13.0 Å². The lowest BCUT2D eigenvalue weighted by atomic mass is 10.1. The molecule has 22 heavy (non-hydrogen) atoms. The van der Waals surface area contributed by atoms with Crippen LogP contribution in [0.3, 0.4) is 0 Å². The van der Waals surface area contributed by atoms with Crippen molar-refractivity contribution in [1.82, 2.24) is 0 Å². The van der Waals surface area contributed by atoms with Crippen LogP contribution in [0, 0.1) is 0 Å². The Kier molecular flexibility index (Phi) is 14.4. The van der Waals surface area contributed by atoms with Gasteiger partial charge in [-0.05, 0) is 38.5 Å². The summed E-state index contributed by atoms with van der Waals surface area (Å²) in [7, 11) is -3.76. The molecule has 0 saturated carbocycles. The normalized spacial score (nSPS) is 13.0. The summed E-state index contributed by atoms with van der Waals surface area (Å²) in [6.45, 7) is 2.14. The third-order valence-corrected chi connectivity index (χ3v) is 4.11. The SMILES string of the molecule is CCC=CCC=CCC=CCCCCCCCCS(=O)(=O)O. The predicted octanol–water partition coefficient (Wildman–Crippen LogP) is 5.46. The molecule has 0 spiro atoms. The molecule has 0 heterocycles. The van der Waals surface area contributed by atoms with E-state index < -0.39 is 10.1 Å². The maximum atomic E-state index is 10.5. The van der Waals surface area contributed by atoms with Gasteiger partial charge in [0.05, 0.1) is 5.75 Å². The van der Waals surface area contributed by atoms with Gasteiger partial charge in [0, 0.05) is 0 Å². The lowest BCUT2D eigenvalue weighted by molar-refractivity contribution is 0.478. The van der Waals surface area contributed by atoms with Crippen LogP contribution in [0.2, 0.25) is 0 Å². The number of unbranched alkanes of at least 4 members (excludes halogenated alkanes) is 6. The number of rotatable bonds is 14. The minimum atomic E-state index is -3.76. The molecule has 4 heteroatoms. The van der Waals surface area contributed by atoms with Gasteiger partial charge < -0.3 is 0 Å². The van der Waals surface area contributed by atoms with Crippen LogP contribution in [0.5, 0.6) is 0 Å². The number of hydrogen-bond acceptors (Lipinski definition) is 2. The average molecular weight is 329 g/mol. The molecular weight excluding hydrogens is 296 g/mol. The lowest BCUT2D eigenvalue weighted by Gasteiger charge is -1.99. The third kappa shape index (κ3) is 19.1. The van der Waals surface area contributed by atoms with Crippen molar-refractivity contribution >= 4 is 10.1 Å². The molecular formula is C18H32O3S. The summed E-state index contributed by atoms with van der Waals surface area (Å²) >= 11 is 0. The molecule has 0 amide bonds. The van der Waals surface area contributed by atoms with Crippen LogP contribution in [-0.2, 0) is 10.1 Å². The minimum absolute atomic E-state index is 0.0997. The van der Waals surface area contributed by atoms with Crippen molar-refractivity contribution in [3.8, 4) is 0 Å². The Morgan fingerprint density at radius 2 is 1.23 bits per heavy atom. The van der Waals surface area contributed by atoms with E-state index in [0.29, 0.717) is 6.42 Å². The van der Waals surface area contributed by atoms with Crippen LogP contribution in [0.1, 0.15) is 71.1 Å². The first-order valence-corrected chi connectivity index (χ1v) is 10.1. The summed E-state index contributed by atoms with van der Waals surface area (Å²) < 4.78 is 29.6. The van der Waals surface area contributed by atoms with E-state index in [1.165, 1.54) is 12.8 Å². The Morgan fingerprint density at radius 1 is 0.727 bits per heavy atom. The van der Waals surface area contributed by atoms with E-state index in [0.717, 1.165) is 44.9 Å². The Hall–Kier alpha value is -0.870. The van der Waals surface area contributed by atoms with Crippen LogP contribution in [0.25, 0.3) is 0 Å². The zero-order valence-corrected chi connectivity index (χ0v) is 14.7. The van der Waals surface area contributed by atoms with Crippen LogP contribution in [-0.4, -0.2) is 18.7 Å². The van der Waals surface area contributed by atoms with Gasteiger partial charge in [0.25, 0.3) is 10.1 Å². The van der Waals surface area contributed by atoms with E-state index in [2.05, 4.69) is 43.4 Å². The molecule has 0 unspecified atom stereocenters. The van der Waals surface area contributed by atoms with Gasteiger partial charge in [-0.2, -0.15) is 8.42 Å². The molecule has 0 aliphatic heterocycles. The van der Waals surface area contributed by atoms with Gasteiger partial charge >= 0.3 is 0 Å². The molecule has 0 aromatic carbocycles. The molecule has 0 fully saturated rings. The molecule has 0 atom stereocenters. The zero-order chi connectivity index (χ0) is 16.5. The molecule has 0 rings (SSSR count). The maximum Gasteiger partial charge on any atom is 0.264 e. The highest BCUT2D eigenvalue weighted by Gasteiger charge is 2.02. The molecule has 128 valence electrons. The summed E-state index contributed by atoms with van der Waals surface area (Å²) in [4.78, 5) is 0. The monoisotopic (exact) mass is 328 g/mol. The fourth-order valence-corrected chi connectivity index (χ4v) is 2.65.